The van der Waals surface area contributed by atoms with Crippen LogP contribution in [0.15, 0.2) is 47.9 Å². The monoisotopic (exact) mass is 273 g/mol. The van der Waals surface area contributed by atoms with Gasteiger partial charge in [-0.3, -0.25) is 0 Å². The molecule has 0 saturated carbocycles. The lowest BCUT2D eigenvalue weighted by atomic mass is 9.94. The second kappa shape index (κ2) is 6.97. The zero-order valence-electron chi connectivity index (χ0n) is 14.2. The Balaban J connectivity index is 2.99. The molecule has 1 aliphatic rings. The van der Waals surface area contributed by atoms with Crippen LogP contribution in [0.4, 0.5) is 0 Å². The maximum Gasteiger partial charge on any atom is 0.0270 e. The molecule has 0 radical (unpaired) electrons. The summed E-state index contributed by atoms with van der Waals surface area (Å²) >= 11 is 0. The molecule has 0 bridgehead atoms. The fourth-order valence-electron chi connectivity index (χ4n) is 2.34. The van der Waals surface area contributed by atoms with Crippen LogP contribution in [-0.4, -0.2) is 11.4 Å². The maximum atomic E-state index is 4.22. The molecule has 0 heterocycles. The molecule has 0 aromatic carbocycles. The highest BCUT2D eigenvalue weighted by Gasteiger charge is 2.18. The molecular formula is C19H31N. The highest BCUT2D eigenvalue weighted by Crippen LogP contribution is 2.26. The standard InChI is InChI=1S/C19H31N/c1-15(2)17(4)16(3)13-20(14-19(5,6)7)18-11-9-8-10-12-18/h8-9,11,13,15H,4,10,12,14H2,1-3,5-7H3/b16-13+. The summed E-state index contributed by atoms with van der Waals surface area (Å²) < 4.78 is 0. The second-order valence-electron chi connectivity index (χ2n) is 7.31. The van der Waals surface area contributed by atoms with E-state index in [-0.39, 0.29) is 5.41 Å². The molecular weight excluding hydrogens is 242 g/mol. The van der Waals surface area contributed by atoms with Crippen molar-refractivity contribution in [3.05, 3.63) is 47.9 Å². The van der Waals surface area contributed by atoms with Crippen LogP contribution >= 0.6 is 0 Å². The van der Waals surface area contributed by atoms with Gasteiger partial charge in [0.05, 0.1) is 0 Å². The number of nitrogens with zero attached hydrogens (tertiary/aromatic N) is 1. The molecule has 0 N–H and O–H groups in total. The highest BCUT2D eigenvalue weighted by molar-refractivity contribution is 5.29. The van der Waals surface area contributed by atoms with Gasteiger partial charge in [-0.05, 0) is 48.3 Å². The average Bonchev–Trinajstić information content (AvgIpc) is 2.36. The molecule has 0 atom stereocenters. The van der Waals surface area contributed by atoms with E-state index in [2.05, 4.69) is 77.4 Å². The summed E-state index contributed by atoms with van der Waals surface area (Å²) in [5.74, 6) is 0.503. The van der Waals surface area contributed by atoms with E-state index in [0.717, 1.165) is 19.4 Å². The van der Waals surface area contributed by atoms with Crippen molar-refractivity contribution in [1.29, 1.82) is 0 Å². The van der Waals surface area contributed by atoms with E-state index in [9.17, 15) is 0 Å². The van der Waals surface area contributed by atoms with E-state index >= 15 is 0 Å². The average molecular weight is 273 g/mol. The minimum Gasteiger partial charge on any atom is -0.351 e. The van der Waals surface area contributed by atoms with Crippen LogP contribution in [0.3, 0.4) is 0 Å². The lowest BCUT2D eigenvalue weighted by Crippen LogP contribution is -2.29. The maximum absolute atomic E-state index is 4.22. The van der Waals surface area contributed by atoms with Gasteiger partial charge in [0.15, 0.2) is 0 Å². The van der Waals surface area contributed by atoms with Crippen LogP contribution in [0.1, 0.15) is 54.4 Å². The third-order valence-electron chi connectivity index (χ3n) is 3.56. The topological polar surface area (TPSA) is 3.24 Å². The Morgan fingerprint density at radius 1 is 1.40 bits per heavy atom. The Kier molecular flexibility index (Phi) is 5.86. The number of allylic oxidation sites excluding steroid dienone is 6. The van der Waals surface area contributed by atoms with Crippen molar-refractivity contribution in [2.75, 3.05) is 6.54 Å². The quantitative estimate of drug-likeness (QED) is 0.582. The Hall–Kier alpha value is -1.24. The van der Waals surface area contributed by atoms with Crippen molar-refractivity contribution in [1.82, 2.24) is 4.90 Å². The van der Waals surface area contributed by atoms with E-state index in [0.29, 0.717) is 5.92 Å². The van der Waals surface area contributed by atoms with Crippen LogP contribution in [0.25, 0.3) is 0 Å². The molecule has 1 heteroatoms. The summed E-state index contributed by atoms with van der Waals surface area (Å²) in [5.41, 5.74) is 4.21. The van der Waals surface area contributed by atoms with E-state index in [1.807, 2.05) is 0 Å². The first-order chi connectivity index (χ1) is 9.20. The second-order valence-corrected chi connectivity index (χ2v) is 7.31. The first-order valence-electron chi connectivity index (χ1n) is 7.70. The van der Waals surface area contributed by atoms with Crippen LogP contribution in [0.2, 0.25) is 0 Å². The first-order valence-corrected chi connectivity index (χ1v) is 7.70. The van der Waals surface area contributed by atoms with E-state index in [4.69, 9.17) is 0 Å². The molecule has 0 amide bonds. The molecule has 0 saturated heterocycles. The molecule has 20 heavy (non-hydrogen) atoms. The van der Waals surface area contributed by atoms with Gasteiger partial charge >= 0.3 is 0 Å². The van der Waals surface area contributed by atoms with Gasteiger partial charge in [-0.25, -0.2) is 0 Å². The third-order valence-corrected chi connectivity index (χ3v) is 3.56. The minimum absolute atomic E-state index is 0.276. The minimum atomic E-state index is 0.276. The molecule has 1 aliphatic carbocycles. The van der Waals surface area contributed by atoms with Crippen molar-refractivity contribution in [3.63, 3.8) is 0 Å². The zero-order chi connectivity index (χ0) is 15.3. The van der Waals surface area contributed by atoms with E-state index < -0.39 is 0 Å². The zero-order valence-corrected chi connectivity index (χ0v) is 14.2. The van der Waals surface area contributed by atoms with Gasteiger partial charge in [0, 0.05) is 18.4 Å². The van der Waals surface area contributed by atoms with Gasteiger partial charge < -0.3 is 4.90 Å². The highest BCUT2D eigenvalue weighted by atomic mass is 15.1. The molecule has 0 aliphatic heterocycles. The summed E-state index contributed by atoms with van der Waals surface area (Å²) in [6, 6.07) is 0. The van der Waals surface area contributed by atoms with Gasteiger partial charge in [-0.1, -0.05) is 53.3 Å². The summed E-state index contributed by atoms with van der Waals surface area (Å²) in [4.78, 5) is 2.42. The molecule has 0 aromatic rings. The van der Waals surface area contributed by atoms with Crippen LogP contribution < -0.4 is 0 Å². The van der Waals surface area contributed by atoms with Crippen molar-refractivity contribution >= 4 is 0 Å². The van der Waals surface area contributed by atoms with Crippen molar-refractivity contribution in [2.45, 2.75) is 54.4 Å². The molecule has 1 rings (SSSR count). The van der Waals surface area contributed by atoms with Crippen LogP contribution in [0.5, 0.6) is 0 Å². The normalized spacial score (nSPS) is 16.4. The van der Waals surface area contributed by atoms with Crippen LogP contribution in [-0.2, 0) is 0 Å². The number of hydrogen-bond acceptors (Lipinski definition) is 1. The van der Waals surface area contributed by atoms with Gasteiger partial charge in [0.2, 0.25) is 0 Å². The molecule has 1 nitrogen and oxygen atoms in total. The summed E-state index contributed by atoms with van der Waals surface area (Å²) in [5, 5.41) is 0. The summed E-state index contributed by atoms with van der Waals surface area (Å²) in [6.07, 6.45) is 11.2. The van der Waals surface area contributed by atoms with E-state index in [1.54, 1.807) is 0 Å². The van der Waals surface area contributed by atoms with Gasteiger partial charge in [-0.2, -0.15) is 0 Å². The Labute approximate surface area is 125 Å². The lowest BCUT2D eigenvalue weighted by molar-refractivity contribution is 0.283. The fraction of sp³-hybridized carbons (Fsp3) is 0.579. The van der Waals surface area contributed by atoms with Crippen molar-refractivity contribution in [2.24, 2.45) is 11.3 Å². The molecule has 0 aromatic heterocycles. The van der Waals surface area contributed by atoms with Gasteiger partial charge in [0.25, 0.3) is 0 Å². The predicted molar refractivity (Wildman–Crippen MR) is 90.4 cm³/mol. The lowest BCUT2D eigenvalue weighted by Gasteiger charge is -2.32. The largest absolute Gasteiger partial charge is 0.351 e. The summed E-state index contributed by atoms with van der Waals surface area (Å²) in [7, 11) is 0. The first kappa shape index (κ1) is 16.8. The molecule has 0 unspecified atom stereocenters. The Bertz CT molecular complexity index is 427. The summed E-state index contributed by atoms with van der Waals surface area (Å²) in [6.45, 7) is 18.7. The van der Waals surface area contributed by atoms with Gasteiger partial charge in [0.1, 0.15) is 0 Å². The van der Waals surface area contributed by atoms with Gasteiger partial charge in [-0.15, -0.1) is 0 Å². The Morgan fingerprint density at radius 2 is 2.05 bits per heavy atom. The molecule has 112 valence electrons. The predicted octanol–water partition coefficient (Wildman–Crippen LogP) is 5.68. The van der Waals surface area contributed by atoms with Crippen molar-refractivity contribution in [3.8, 4) is 0 Å². The smallest absolute Gasteiger partial charge is 0.0270 e. The SMILES string of the molecule is C=C(/C(C)=C/N(CC(C)(C)C)C1=CC=CCC1)C(C)C. The number of hydrogen-bond donors (Lipinski definition) is 0. The van der Waals surface area contributed by atoms with Crippen LogP contribution in [0, 0.1) is 11.3 Å². The fourth-order valence-corrected chi connectivity index (χ4v) is 2.34. The number of rotatable bonds is 5. The molecule has 0 fully saturated rings. The third kappa shape index (κ3) is 5.40. The van der Waals surface area contributed by atoms with E-state index in [1.165, 1.54) is 16.8 Å². The van der Waals surface area contributed by atoms with Crippen molar-refractivity contribution < 1.29 is 0 Å². The Morgan fingerprint density at radius 3 is 2.50 bits per heavy atom. The molecule has 0 spiro atoms.